The van der Waals surface area contributed by atoms with Crippen molar-refractivity contribution in [1.29, 1.82) is 0 Å². The first-order valence-electron chi connectivity index (χ1n) is 9.65. The second-order valence-electron chi connectivity index (χ2n) is 7.12. The lowest BCUT2D eigenvalue weighted by molar-refractivity contribution is -0.137. The van der Waals surface area contributed by atoms with E-state index >= 15 is 0 Å². The van der Waals surface area contributed by atoms with E-state index in [1.807, 2.05) is 18.2 Å². The van der Waals surface area contributed by atoms with Crippen LogP contribution in [0.4, 0.5) is 24.5 Å². The van der Waals surface area contributed by atoms with E-state index in [1.54, 1.807) is 11.0 Å². The zero-order chi connectivity index (χ0) is 22.0. The minimum absolute atomic E-state index is 0.183. The first kappa shape index (κ1) is 20.6. The Kier molecular flexibility index (Phi) is 5.46. The number of carbonyl (C=O) groups excluding carboxylic acids is 1. The van der Waals surface area contributed by atoms with Crippen LogP contribution in [0.2, 0.25) is 0 Å². The monoisotopic (exact) mass is 424 g/mol. The predicted octanol–water partition coefficient (Wildman–Crippen LogP) is 5.08. The Hall–Kier alpha value is -3.68. The molecule has 2 heterocycles. The molecule has 1 aromatic heterocycles. The van der Waals surface area contributed by atoms with Gasteiger partial charge in [0.05, 0.1) is 5.56 Å². The van der Waals surface area contributed by atoms with Crippen molar-refractivity contribution in [2.45, 2.75) is 19.1 Å². The molecular weight excluding hydrogens is 405 g/mol. The van der Waals surface area contributed by atoms with Gasteiger partial charge in [0.2, 0.25) is 0 Å². The van der Waals surface area contributed by atoms with E-state index in [1.165, 1.54) is 24.4 Å². The number of nitrogens with zero attached hydrogens (tertiary/aromatic N) is 3. The number of hydrogen-bond donors (Lipinski definition) is 1. The molecule has 158 valence electrons. The molecule has 1 aliphatic rings. The highest BCUT2D eigenvalue weighted by atomic mass is 19.4. The van der Waals surface area contributed by atoms with Gasteiger partial charge >= 0.3 is 6.18 Å². The summed E-state index contributed by atoms with van der Waals surface area (Å²) in [6, 6.07) is 12.2. The Morgan fingerprint density at radius 3 is 2.61 bits per heavy atom. The number of aromatic nitrogens is 2. The summed E-state index contributed by atoms with van der Waals surface area (Å²) in [4.78, 5) is 22.8. The number of alkyl halides is 3. The summed E-state index contributed by atoms with van der Waals surface area (Å²) in [5, 5.41) is 3.20. The summed E-state index contributed by atoms with van der Waals surface area (Å²) in [6.07, 6.45) is -0.733. The molecule has 2 aromatic carbocycles. The average Bonchev–Trinajstić information content (AvgIpc) is 2.78. The van der Waals surface area contributed by atoms with Crippen LogP contribution < -0.4 is 5.32 Å². The number of anilines is 2. The predicted molar refractivity (Wildman–Crippen MR) is 112 cm³/mol. The van der Waals surface area contributed by atoms with Crippen molar-refractivity contribution in [3.8, 4) is 0 Å². The highest BCUT2D eigenvalue weighted by molar-refractivity contribution is 5.92. The number of halogens is 3. The van der Waals surface area contributed by atoms with Gasteiger partial charge < -0.3 is 10.2 Å². The zero-order valence-corrected chi connectivity index (χ0v) is 16.5. The number of benzene rings is 2. The van der Waals surface area contributed by atoms with Crippen LogP contribution in [0.25, 0.3) is 6.08 Å². The molecule has 0 spiro atoms. The minimum Gasteiger partial charge on any atom is -0.355 e. The lowest BCUT2D eigenvalue weighted by atomic mass is 9.97. The Balaban J connectivity index is 1.52. The zero-order valence-electron chi connectivity index (χ0n) is 16.5. The number of rotatable bonds is 4. The van der Waals surface area contributed by atoms with E-state index in [0.717, 1.165) is 28.9 Å². The topological polar surface area (TPSA) is 58.1 Å². The smallest absolute Gasteiger partial charge is 0.355 e. The molecule has 0 saturated heterocycles. The van der Waals surface area contributed by atoms with Crippen LogP contribution in [0.5, 0.6) is 0 Å². The largest absolute Gasteiger partial charge is 0.416 e. The molecule has 0 aliphatic carbocycles. The molecule has 1 aliphatic heterocycles. The average molecular weight is 424 g/mol. The van der Waals surface area contributed by atoms with Gasteiger partial charge in [0.25, 0.3) is 5.91 Å². The summed E-state index contributed by atoms with van der Waals surface area (Å²) < 4.78 is 38.3. The fraction of sp³-hybridized carbons (Fsp3) is 0.174. The van der Waals surface area contributed by atoms with Gasteiger partial charge in [-0.1, -0.05) is 18.7 Å². The highest BCUT2D eigenvalue weighted by Gasteiger charge is 2.30. The first-order valence-corrected chi connectivity index (χ1v) is 9.65. The van der Waals surface area contributed by atoms with Crippen molar-refractivity contribution in [3.05, 3.63) is 89.5 Å². The number of hydrogen-bond acceptors (Lipinski definition) is 4. The molecule has 5 nitrogen and oxygen atoms in total. The summed E-state index contributed by atoms with van der Waals surface area (Å²) in [7, 11) is 0. The molecule has 3 aromatic rings. The van der Waals surface area contributed by atoms with Gasteiger partial charge in [-0.2, -0.15) is 13.2 Å². The third-order valence-corrected chi connectivity index (χ3v) is 5.12. The summed E-state index contributed by atoms with van der Waals surface area (Å²) >= 11 is 0. The van der Waals surface area contributed by atoms with Crippen molar-refractivity contribution in [2.75, 3.05) is 11.9 Å². The molecule has 0 fully saturated rings. The van der Waals surface area contributed by atoms with Crippen molar-refractivity contribution < 1.29 is 18.0 Å². The SMILES string of the molecule is C=Cc1nccc(C(=O)N2CCc3c(cccc3Nc3ccc(C(F)(F)F)cc3)C2)n1. The number of carbonyl (C=O) groups is 1. The molecule has 31 heavy (non-hydrogen) atoms. The summed E-state index contributed by atoms with van der Waals surface area (Å²) in [5.74, 6) is 0.212. The standard InChI is InChI=1S/C23H19F3N4O/c1-2-21-27-12-10-20(29-21)22(31)30-13-11-18-15(14-30)4-3-5-19(18)28-17-8-6-16(7-9-17)23(24,25)26/h2-10,12,28H,1,11,13-14H2. The van der Waals surface area contributed by atoms with Gasteiger partial charge in [0, 0.05) is 30.7 Å². The van der Waals surface area contributed by atoms with Gasteiger partial charge in [-0.25, -0.2) is 9.97 Å². The second kappa shape index (κ2) is 8.22. The second-order valence-corrected chi connectivity index (χ2v) is 7.12. The lowest BCUT2D eigenvalue weighted by Crippen LogP contribution is -2.36. The maximum atomic E-state index is 12.9. The molecule has 0 radical (unpaired) electrons. The molecule has 0 atom stereocenters. The molecule has 4 rings (SSSR count). The molecule has 8 heteroatoms. The fourth-order valence-corrected chi connectivity index (χ4v) is 3.55. The molecule has 0 saturated carbocycles. The Bertz CT molecular complexity index is 1130. The number of fused-ring (bicyclic) bond motifs is 1. The highest BCUT2D eigenvalue weighted by Crippen LogP contribution is 2.32. The molecule has 1 N–H and O–H groups in total. The molecule has 0 bridgehead atoms. The van der Waals surface area contributed by atoms with Crippen LogP contribution in [0, 0.1) is 0 Å². The van der Waals surface area contributed by atoms with Crippen LogP contribution in [0.15, 0.2) is 61.3 Å². The van der Waals surface area contributed by atoms with Gasteiger partial charge in [0.15, 0.2) is 5.82 Å². The summed E-state index contributed by atoms with van der Waals surface area (Å²) in [5.41, 5.74) is 3.03. The first-order chi connectivity index (χ1) is 14.8. The van der Waals surface area contributed by atoms with Crippen LogP contribution in [0.1, 0.15) is 33.0 Å². The van der Waals surface area contributed by atoms with Gasteiger partial charge in [-0.15, -0.1) is 0 Å². The Morgan fingerprint density at radius 2 is 1.90 bits per heavy atom. The van der Waals surface area contributed by atoms with Gasteiger partial charge in [-0.3, -0.25) is 4.79 Å². The molecule has 0 unspecified atom stereocenters. The van der Waals surface area contributed by atoms with Gasteiger partial charge in [-0.05, 0) is 60.0 Å². The minimum atomic E-state index is -4.36. The number of nitrogens with one attached hydrogen (secondary N) is 1. The fourth-order valence-electron chi connectivity index (χ4n) is 3.55. The maximum absolute atomic E-state index is 12.9. The molecular formula is C23H19F3N4O. The third kappa shape index (κ3) is 4.42. The van der Waals surface area contributed by atoms with E-state index in [2.05, 4.69) is 21.9 Å². The quantitative estimate of drug-likeness (QED) is 0.635. The normalized spacial score (nSPS) is 13.5. The van der Waals surface area contributed by atoms with E-state index in [9.17, 15) is 18.0 Å². The van der Waals surface area contributed by atoms with E-state index in [4.69, 9.17) is 0 Å². The summed E-state index contributed by atoms with van der Waals surface area (Å²) in [6.45, 7) is 4.55. The van der Waals surface area contributed by atoms with Gasteiger partial charge in [0.1, 0.15) is 5.69 Å². The Morgan fingerprint density at radius 1 is 1.13 bits per heavy atom. The van der Waals surface area contributed by atoms with Crippen molar-refractivity contribution in [2.24, 2.45) is 0 Å². The van der Waals surface area contributed by atoms with Crippen LogP contribution in [-0.4, -0.2) is 27.3 Å². The number of amides is 1. The van der Waals surface area contributed by atoms with Crippen molar-refractivity contribution in [3.63, 3.8) is 0 Å². The molecule has 1 amide bonds. The van der Waals surface area contributed by atoms with Crippen LogP contribution in [0.3, 0.4) is 0 Å². The Labute approximate surface area is 177 Å². The van der Waals surface area contributed by atoms with Crippen LogP contribution in [-0.2, 0) is 19.1 Å². The van der Waals surface area contributed by atoms with E-state index in [-0.39, 0.29) is 5.91 Å². The third-order valence-electron chi connectivity index (χ3n) is 5.12. The lowest BCUT2D eigenvalue weighted by Gasteiger charge is -2.30. The van der Waals surface area contributed by atoms with Crippen LogP contribution >= 0.6 is 0 Å². The van der Waals surface area contributed by atoms with Crippen molar-refractivity contribution >= 4 is 23.4 Å². The van der Waals surface area contributed by atoms with E-state index < -0.39 is 11.7 Å². The van der Waals surface area contributed by atoms with E-state index in [0.29, 0.717) is 36.7 Å². The maximum Gasteiger partial charge on any atom is 0.416 e. The van der Waals surface area contributed by atoms with Crippen molar-refractivity contribution in [1.82, 2.24) is 14.9 Å².